The highest BCUT2D eigenvalue weighted by molar-refractivity contribution is 8.01. The Morgan fingerprint density at radius 3 is 2.56 bits per heavy atom. The fourth-order valence-electron chi connectivity index (χ4n) is 4.64. The summed E-state index contributed by atoms with van der Waals surface area (Å²) in [5.41, 5.74) is 0. The minimum Gasteiger partial charge on any atom is -0.481 e. The highest BCUT2D eigenvalue weighted by Crippen LogP contribution is 2.34. The molecule has 0 atom stereocenters. The standard InChI is InChI=1S/C22H35N3O5S2/c1-29-11-12-30-14-16-7-9-18(10-8-16)25(17-5-3-2-4-6-17)22(28)24-21-23-13-20(32-21)31-15-19(26)27/h13,16-18H,2-12,14-15H2,1H3,(H,26,27)(H,23,24,28)/t16-,18-. The van der Waals surface area contributed by atoms with Crippen LogP contribution in [0.25, 0.3) is 0 Å². The van der Waals surface area contributed by atoms with Crippen molar-refractivity contribution in [1.29, 1.82) is 0 Å². The van der Waals surface area contributed by atoms with E-state index in [1.807, 2.05) is 0 Å². The summed E-state index contributed by atoms with van der Waals surface area (Å²) in [5, 5.41) is 12.4. The average molecular weight is 486 g/mol. The van der Waals surface area contributed by atoms with E-state index in [9.17, 15) is 9.59 Å². The van der Waals surface area contributed by atoms with Crippen LogP contribution in [0.2, 0.25) is 0 Å². The number of ether oxygens (including phenoxy) is 2. The summed E-state index contributed by atoms with van der Waals surface area (Å²) < 4.78 is 11.6. The summed E-state index contributed by atoms with van der Waals surface area (Å²) in [6.45, 7) is 2.02. The van der Waals surface area contributed by atoms with Gasteiger partial charge < -0.3 is 19.5 Å². The van der Waals surface area contributed by atoms with Crippen LogP contribution in [0.5, 0.6) is 0 Å². The molecule has 2 aliphatic carbocycles. The van der Waals surface area contributed by atoms with Gasteiger partial charge in [-0.25, -0.2) is 9.78 Å². The van der Waals surface area contributed by atoms with Gasteiger partial charge in [-0.05, 0) is 44.4 Å². The lowest BCUT2D eigenvalue weighted by molar-refractivity contribution is -0.133. The second-order valence-corrected chi connectivity index (χ2v) is 10.8. The number of rotatable bonds is 11. The molecule has 2 N–H and O–H groups in total. The molecule has 8 nitrogen and oxygen atoms in total. The molecule has 32 heavy (non-hydrogen) atoms. The molecule has 0 aliphatic heterocycles. The molecule has 1 aromatic heterocycles. The van der Waals surface area contributed by atoms with Crippen LogP contribution in [-0.2, 0) is 14.3 Å². The molecule has 0 bridgehead atoms. The van der Waals surface area contributed by atoms with Crippen molar-refractivity contribution >= 4 is 40.2 Å². The van der Waals surface area contributed by atoms with E-state index in [1.54, 1.807) is 13.3 Å². The number of aliphatic carboxylic acids is 1. The van der Waals surface area contributed by atoms with Crippen molar-refractivity contribution in [3.63, 3.8) is 0 Å². The van der Waals surface area contributed by atoms with Gasteiger partial charge in [0.1, 0.15) is 0 Å². The highest BCUT2D eigenvalue weighted by Gasteiger charge is 2.34. The Kier molecular flexibility index (Phi) is 10.6. The first-order valence-corrected chi connectivity index (χ1v) is 13.3. The Labute approximate surface area is 198 Å². The third-order valence-corrected chi connectivity index (χ3v) is 8.33. The maximum atomic E-state index is 13.4. The molecule has 2 saturated carbocycles. The number of amides is 2. The van der Waals surface area contributed by atoms with Crippen molar-refractivity contribution in [2.45, 2.75) is 74.1 Å². The minimum absolute atomic E-state index is 0.0117. The van der Waals surface area contributed by atoms with Gasteiger partial charge in [0.05, 0.1) is 29.4 Å². The summed E-state index contributed by atoms with van der Waals surface area (Å²) in [6.07, 6.45) is 11.5. The summed E-state index contributed by atoms with van der Waals surface area (Å²) in [4.78, 5) is 30.5. The monoisotopic (exact) mass is 485 g/mol. The number of urea groups is 1. The van der Waals surface area contributed by atoms with E-state index < -0.39 is 5.97 Å². The number of hydrogen-bond donors (Lipinski definition) is 2. The van der Waals surface area contributed by atoms with Gasteiger partial charge in [0.15, 0.2) is 5.13 Å². The smallest absolute Gasteiger partial charge is 0.324 e. The summed E-state index contributed by atoms with van der Waals surface area (Å²) in [7, 11) is 1.68. The molecule has 2 aliphatic rings. The number of aromatic nitrogens is 1. The average Bonchev–Trinajstić information content (AvgIpc) is 3.24. The van der Waals surface area contributed by atoms with Crippen molar-refractivity contribution in [3.8, 4) is 0 Å². The molecular weight excluding hydrogens is 450 g/mol. The maximum absolute atomic E-state index is 13.4. The summed E-state index contributed by atoms with van der Waals surface area (Å²) >= 11 is 2.55. The van der Waals surface area contributed by atoms with Crippen molar-refractivity contribution in [2.75, 3.05) is 38.0 Å². The molecule has 1 aromatic rings. The number of nitrogens with zero attached hydrogens (tertiary/aromatic N) is 2. The van der Waals surface area contributed by atoms with E-state index in [0.29, 0.717) is 24.3 Å². The van der Waals surface area contributed by atoms with Crippen LogP contribution >= 0.6 is 23.1 Å². The van der Waals surface area contributed by atoms with Gasteiger partial charge in [-0.2, -0.15) is 0 Å². The van der Waals surface area contributed by atoms with E-state index in [1.165, 1.54) is 42.4 Å². The fraction of sp³-hybridized carbons (Fsp3) is 0.773. The summed E-state index contributed by atoms with van der Waals surface area (Å²) in [5.74, 6) is -0.327. The van der Waals surface area contributed by atoms with Crippen molar-refractivity contribution < 1.29 is 24.2 Å². The predicted molar refractivity (Wildman–Crippen MR) is 127 cm³/mol. The quantitative estimate of drug-likeness (QED) is 0.346. The van der Waals surface area contributed by atoms with Crippen LogP contribution in [0.4, 0.5) is 9.93 Å². The molecule has 0 radical (unpaired) electrons. The number of carboxylic acid groups (broad SMARTS) is 1. The molecular formula is C22H35N3O5S2. The zero-order chi connectivity index (χ0) is 22.8. The predicted octanol–water partition coefficient (Wildman–Crippen LogP) is 4.71. The lowest BCUT2D eigenvalue weighted by Crippen LogP contribution is -2.51. The number of carbonyl (C=O) groups is 2. The Morgan fingerprint density at radius 1 is 1.16 bits per heavy atom. The Morgan fingerprint density at radius 2 is 1.88 bits per heavy atom. The maximum Gasteiger partial charge on any atom is 0.324 e. The Hall–Kier alpha value is -1.36. The highest BCUT2D eigenvalue weighted by atomic mass is 32.2. The first-order chi connectivity index (χ1) is 15.6. The molecule has 1 heterocycles. The van der Waals surface area contributed by atoms with Gasteiger partial charge in [0.2, 0.25) is 0 Å². The fourth-order valence-corrected chi connectivity index (χ4v) is 6.23. The number of anilines is 1. The van der Waals surface area contributed by atoms with Gasteiger partial charge in [-0.15, -0.1) is 11.8 Å². The van der Waals surface area contributed by atoms with Crippen LogP contribution in [0.15, 0.2) is 10.4 Å². The van der Waals surface area contributed by atoms with Gasteiger partial charge in [-0.1, -0.05) is 30.6 Å². The van der Waals surface area contributed by atoms with Crippen molar-refractivity contribution in [1.82, 2.24) is 9.88 Å². The van der Waals surface area contributed by atoms with Crippen LogP contribution in [0, 0.1) is 5.92 Å². The molecule has 10 heteroatoms. The first-order valence-electron chi connectivity index (χ1n) is 11.5. The molecule has 0 saturated heterocycles. The van der Waals surface area contributed by atoms with E-state index in [-0.39, 0.29) is 23.9 Å². The molecule has 180 valence electrons. The summed E-state index contributed by atoms with van der Waals surface area (Å²) in [6, 6.07) is 0.457. The molecule has 2 fully saturated rings. The zero-order valence-electron chi connectivity index (χ0n) is 18.8. The Bertz CT molecular complexity index is 718. The lowest BCUT2D eigenvalue weighted by Gasteiger charge is -2.42. The largest absolute Gasteiger partial charge is 0.481 e. The van der Waals surface area contributed by atoms with Crippen molar-refractivity contribution in [3.05, 3.63) is 6.20 Å². The SMILES string of the molecule is COCCOC[C@H]1CC[C@H](N(C(=O)Nc2ncc(SCC(=O)O)s2)C2CCCCC2)CC1. The second kappa shape index (κ2) is 13.4. The molecule has 0 unspecified atom stereocenters. The number of methoxy groups -OCH3 is 1. The number of nitrogens with one attached hydrogen (secondary N) is 1. The van der Waals surface area contributed by atoms with Gasteiger partial charge in [0, 0.05) is 25.8 Å². The lowest BCUT2D eigenvalue weighted by atomic mass is 9.84. The second-order valence-electron chi connectivity index (χ2n) is 8.54. The van der Waals surface area contributed by atoms with Gasteiger partial charge >= 0.3 is 12.0 Å². The number of hydrogen-bond acceptors (Lipinski definition) is 7. The molecule has 3 rings (SSSR count). The first kappa shape index (κ1) is 25.3. The number of carboxylic acids is 1. The number of thioether (sulfide) groups is 1. The van der Waals surface area contributed by atoms with Crippen LogP contribution in [0.1, 0.15) is 57.8 Å². The third kappa shape index (κ3) is 7.90. The molecule has 0 spiro atoms. The zero-order valence-corrected chi connectivity index (χ0v) is 20.4. The van der Waals surface area contributed by atoms with Gasteiger partial charge in [-0.3, -0.25) is 10.1 Å². The Balaban J connectivity index is 1.57. The minimum atomic E-state index is -0.864. The molecule has 2 amide bonds. The van der Waals surface area contributed by atoms with E-state index >= 15 is 0 Å². The number of carbonyl (C=O) groups excluding carboxylic acids is 1. The van der Waals surface area contributed by atoms with Crippen LogP contribution in [0.3, 0.4) is 0 Å². The van der Waals surface area contributed by atoms with Crippen LogP contribution < -0.4 is 5.32 Å². The molecule has 0 aromatic carbocycles. The van der Waals surface area contributed by atoms with Crippen molar-refractivity contribution in [2.24, 2.45) is 5.92 Å². The van der Waals surface area contributed by atoms with E-state index in [0.717, 1.165) is 49.3 Å². The third-order valence-electron chi connectivity index (χ3n) is 6.23. The van der Waals surface area contributed by atoms with E-state index in [2.05, 4.69) is 15.2 Å². The van der Waals surface area contributed by atoms with E-state index in [4.69, 9.17) is 14.6 Å². The van der Waals surface area contributed by atoms with Crippen LogP contribution in [-0.4, -0.2) is 71.8 Å². The van der Waals surface area contributed by atoms with Gasteiger partial charge in [0.25, 0.3) is 0 Å². The number of thiazole rings is 1. The normalized spacial score (nSPS) is 21.9. The topological polar surface area (TPSA) is 101 Å².